The highest BCUT2D eigenvalue weighted by Gasteiger charge is 2.26. The summed E-state index contributed by atoms with van der Waals surface area (Å²) in [7, 11) is -3.59. The normalized spacial score (nSPS) is 14.9. The maximum Gasteiger partial charge on any atom is 0.255 e. The van der Waals surface area contributed by atoms with Crippen molar-refractivity contribution in [1.82, 2.24) is 4.31 Å². The number of benzene rings is 2. The quantitative estimate of drug-likeness (QED) is 0.557. The van der Waals surface area contributed by atoms with E-state index in [0.717, 1.165) is 12.8 Å². The predicted molar refractivity (Wildman–Crippen MR) is 121 cm³/mol. The molecular weight excluding hydrogens is 463 g/mol. The number of carbonyl (C=O) groups excluding carboxylic acids is 1. The van der Waals surface area contributed by atoms with Gasteiger partial charge >= 0.3 is 0 Å². The third-order valence-electron chi connectivity index (χ3n) is 4.72. The average molecular weight is 487 g/mol. The molecule has 1 heterocycles. The topological polar surface area (TPSA) is 84.9 Å². The highest BCUT2D eigenvalue weighted by atomic mass is 35.5. The van der Waals surface area contributed by atoms with Crippen molar-refractivity contribution >= 4 is 44.8 Å². The Hall–Kier alpha value is -1.84. The van der Waals surface area contributed by atoms with Crippen LogP contribution in [0.5, 0.6) is 5.75 Å². The minimum Gasteiger partial charge on any atom is -0.490 e. The number of nitrogens with zero attached hydrogens (tertiary/aromatic N) is 1. The van der Waals surface area contributed by atoms with Crippen molar-refractivity contribution < 1.29 is 22.7 Å². The van der Waals surface area contributed by atoms with E-state index >= 15 is 0 Å². The molecule has 168 valence electrons. The number of morpholine rings is 1. The summed E-state index contributed by atoms with van der Waals surface area (Å²) in [5.41, 5.74) is 0.712. The van der Waals surface area contributed by atoms with Crippen LogP contribution >= 0.6 is 23.2 Å². The summed E-state index contributed by atoms with van der Waals surface area (Å²) in [4.78, 5) is 12.8. The van der Waals surface area contributed by atoms with Crippen LogP contribution in [0.25, 0.3) is 0 Å². The van der Waals surface area contributed by atoms with Crippen LogP contribution in [0.1, 0.15) is 30.1 Å². The summed E-state index contributed by atoms with van der Waals surface area (Å²) in [5, 5.41) is 3.22. The predicted octanol–water partition coefficient (Wildman–Crippen LogP) is 4.45. The van der Waals surface area contributed by atoms with Gasteiger partial charge in [-0.2, -0.15) is 4.31 Å². The Morgan fingerprint density at radius 3 is 2.32 bits per heavy atom. The van der Waals surface area contributed by atoms with E-state index < -0.39 is 15.9 Å². The lowest BCUT2D eigenvalue weighted by atomic mass is 10.2. The van der Waals surface area contributed by atoms with Crippen molar-refractivity contribution in [2.24, 2.45) is 0 Å². The molecule has 0 aliphatic carbocycles. The minimum absolute atomic E-state index is 0.159. The summed E-state index contributed by atoms with van der Waals surface area (Å²) >= 11 is 12.5. The van der Waals surface area contributed by atoms with Crippen LogP contribution in [-0.2, 0) is 14.8 Å². The molecule has 1 aliphatic rings. The molecule has 0 radical (unpaired) electrons. The van der Waals surface area contributed by atoms with E-state index in [1.54, 1.807) is 0 Å². The third kappa shape index (κ3) is 5.90. The number of anilines is 1. The highest BCUT2D eigenvalue weighted by molar-refractivity contribution is 7.89. The van der Waals surface area contributed by atoms with E-state index in [4.69, 9.17) is 32.7 Å². The van der Waals surface area contributed by atoms with Gasteiger partial charge in [0.1, 0.15) is 0 Å². The zero-order chi connectivity index (χ0) is 22.4. The van der Waals surface area contributed by atoms with Gasteiger partial charge in [0.05, 0.1) is 34.8 Å². The van der Waals surface area contributed by atoms with Gasteiger partial charge in [0.2, 0.25) is 10.0 Å². The van der Waals surface area contributed by atoms with Gasteiger partial charge in [0.25, 0.3) is 5.91 Å². The number of nitrogens with one attached hydrogen (secondary N) is 1. The van der Waals surface area contributed by atoms with Crippen molar-refractivity contribution in [3.05, 3.63) is 52.0 Å². The molecule has 1 saturated heterocycles. The Bertz CT molecular complexity index is 1000. The first-order valence-electron chi connectivity index (χ1n) is 9.94. The number of rotatable bonds is 8. The lowest BCUT2D eigenvalue weighted by Crippen LogP contribution is -2.40. The minimum atomic E-state index is -3.59. The summed E-state index contributed by atoms with van der Waals surface area (Å²) in [6.07, 6.45) is 1.84. The molecule has 2 aromatic rings. The summed E-state index contributed by atoms with van der Waals surface area (Å²) < 4.78 is 37.6. The van der Waals surface area contributed by atoms with Gasteiger partial charge in [0, 0.05) is 24.3 Å². The zero-order valence-electron chi connectivity index (χ0n) is 17.1. The molecule has 1 fully saturated rings. The molecule has 0 bridgehead atoms. The van der Waals surface area contributed by atoms with E-state index in [0.29, 0.717) is 44.3 Å². The summed E-state index contributed by atoms with van der Waals surface area (Å²) in [6.45, 7) is 3.93. The maximum absolute atomic E-state index is 12.7. The molecular formula is C21H24Cl2N2O5S. The van der Waals surface area contributed by atoms with Gasteiger partial charge in [-0.3, -0.25) is 4.79 Å². The maximum atomic E-state index is 12.7. The van der Waals surface area contributed by atoms with E-state index in [9.17, 15) is 13.2 Å². The lowest BCUT2D eigenvalue weighted by molar-refractivity contribution is 0.0730. The van der Waals surface area contributed by atoms with Crippen LogP contribution in [-0.4, -0.2) is 51.5 Å². The number of hydrogen-bond acceptors (Lipinski definition) is 5. The Balaban J connectivity index is 1.69. The first kappa shape index (κ1) is 23.8. The second-order valence-corrected chi connectivity index (χ2v) is 9.72. The molecule has 31 heavy (non-hydrogen) atoms. The Labute approximate surface area is 192 Å². The van der Waals surface area contributed by atoms with Crippen molar-refractivity contribution in [1.29, 1.82) is 0 Å². The van der Waals surface area contributed by atoms with Crippen LogP contribution in [0.15, 0.2) is 41.3 Å². The number of ether oxygens (including phenoxy) is 2. The van der Waals surface area contributed by atoms with Crippen molar-refractivity contribution in [3.8, 4) is 5.75 Å². The first-order chi connectivity index (χ1) is 14.8. The molecule has 2 aromatic carbocycles. The standard InChI is InChI=1S/C21H24Cl2N2O5S/c1-2-3-10-30-20-18(22)13-15(14-19(20)23)21(26)24-16-4-6-17(7-5-16)31(27,28)25-8-11-29-12-9-25/h4-7,13-14H,2-3,8-12H2,1H3,(H,24,26). The SMILES string of the molecule is CCCCOc1c(Cl)cc(C(=O)Nc2ccc(S(=O)(=O)N3CCOCC3)cc2)cc1Cl. The molecule has 0 atom stereocenters. The first-order valence-corrected chi connectivity index (χ1v) is 12.1. The number of unbranched alkanes of at least 4 members (excludes halogenated alkanes) is 1. The van der Waals surface area contributed by atoms with Gasteiger partial charge in [-0.25, -0.2) is 8.42 Å². The monoisotopic (exact) mass is 486 g/mol. The molecule has 1 aliphatic heterocycles. The van der Waals surface area contributed by atoms with Gasteiger partial charge < -0.3 is 14.8 Å². The van der Waals surface area contributed by atoms with Gasteiger partial charge in [-0.15, -0.1) is 0 Å². The van der Waals surface area contributed by atoms with Crippen LogP contribution in [0, 0.1) is 0 Å². The van der Waals surface area contributed by atoms with Gasteiger partial charge in [-0.05, 0) is 42.8 Å². The van der Waals surface area contributed by atoms with Crippen molar-refractivity contribution in [2.75, 3.05) is 38.2 Å². The molecule has 3 rings (SSSR count). The van der Waals surface area contributed by atoms with Crippen LogP contribution in [0.2, 0.25) is 10.0 Å². The molecule has 7 nitrogen and oxygen atoms in total. The Morgan fingerprint density at radius 2 is 1.74 bits per heavy atom. The fourth-order valence-electron chi connectivity index (χ4n) is 3.00. The second kappa shape index (κ2) is 10.7. The molecule has 10 heteroatoms. The average Bonchev–Trinajstić information content (AvgIpc) is 2.76. The number of amides is 1. The fourth-order valence-corrected chi connectivity index (χ4v) is 5.00. The molecule has 0 unspecified atom stereocenters. The fraction of sp³-hybridized carbons (Fsp3) is 0.381. The molecule has 1 amide bonds. The highest BCUT2D eigenvalue weighted by Crippen LogP contribution is 2.34. The van der Waals surface area contributed by atoms with Crippen LogP contribution in [0.4, 0.5) is 5.69 Å². The Morgan fingerprint density at radius 1 is 1.13 bits per heavy atom. The van der Waals surface area contributed by atoms with Crippen LogP contribution in [0.3, 0.4) is 0 Å². The molecule has 1 N–H and O–H groups in total. The zero-order valence-corrected chi connectivity index (χ0v) is 19.4. The summed E-state index contributed by atoms with van der Waals surface area (Å²) in [5.74, 6) is -0.0706. The lowest BCUT2D eigenvalue weighted by Gasteiger charge is -2.26. The van der Waals surface area contributed by atoms with Gasteiger partial charge in [0.15, 0.2) is 5.75 Å². The second-order valence-electron chi connectivity index (χ2n) is 6.97. The Kier molecular flexibility index (Phi) is 8.18. The number of sulfonamides is 1. The number of carbonyl (C=O) groups is 1. The van der Waals surface area contributed by atoms with E-state index in [1.807, 2.05) is 6.92 Å². The van der Waals surface area contributed by atoms with Crippen molar-refractivity contribution in [2.45, 2.75) is 24.7 Å². The molecule has 0 aromatic heterocycles. The van der Waals surface area contributed by atoms with Crippen LogP contribution < -0.4 is 10.1 Å². The van der Waals surface area contributed by atoms with E-state index in [2.05, 4.69) is 5.32 Å². The number of hydrogen-bond donors (Lipinski definition) is 1. The smallest absolute Gasteiger partial charge is 0.255 e. The number of halogens is 2. The van der Waals surface area contributed by atoms with E-state index in [1.165, 1.54) is 40.7 Å². The third-order valence-corrected chi connectivity index (χ3v) is 7.20. The largest absolute Gasteiger partial charge is 0.490 e. The van der Waals surface area contributed by atoms with Gasteiger partial charge in [-0.1, -0.05) is 36.5 Å². The van der Waals surface area contributed by atoms with E-state index in [-0.39, 0.29) is 20.5 Å². The molecule has 0 saturated carbocycles. The summed E-state index contributed by atoms with van der Waals surface area (Å²) in [6, 6.07) is 8.98. The van der Waals surface area contributed by atoms with Crippen molar-refractivity contribution in [3.63, 3.8) is 0 Å². The molecule has 0 spiro atoms.